The number of piperidine rings is 1. The van der Waals surface area contributed by atoms with Crippen molar-refractivity contribution in [1.82, 2.24) is 5.32 Å². The molecule has 2 heteroatoms. The minimum atomic E-state index is 0.703. The first-order valence-corrected chi connectivity index (χ1v) is 8.52. The maximum Gasteiger partial charge on any atom is 0.0412 e. The van der Waals surface area contributed by atoms with Crippen molar-refractivity contribution in [2.24, 2.45) is 17.8 Å². The second-order valence-electron chi connectivity index (χ2n) is 7.35. The average Bonchev–Trinajstić information content (AvgIpc) is 2.42. The molecule has 0 amide bonds. The summed E-state index contributed by atoms with van der Waals surface area (Å²) in [7, 11) is 0. The van der Waals surface area contributed by atoms with Crippen molar-refractivity contribution in [2.45, 2.75) is 47.6 Å². The largest absolute Gasteiger partial charge is 0.371 e. The van der Waals surface area contributed by atoms with E-state index in [-0.39, 0.29) is 0 Å². The van der Waals surface area contributed by atoms with Crippen LogP contribution in [0.25, 0.3) is 0 Å². The van der Waals surface area contributed by atoms with Crippen molar-refractivity contribution >= 4 is 5.69 Å². The van der Waals surface area contributed by atoms with Gasteiger partial charge in [0.05, 0.1) is 0 Å². The maximum absolute atomic E-state index is 3.60. The van der Waals surface area contributed by atoms with Gasteiger partial charge in [-0.3, -0.25) is 0 Å². The zero-order valence-corrected chi connectivity index (χ0v) is 14.4. The van der Waals surface area contributed by atoms with E-state index in [0.717, 1.165) is 24.9 Å². The molecule has 118 valence electrons. The normalized spacial score (nSPS) is 22.9. The first-order chi connectivity index (χ1) is 9.97. The lowest BCUT2D eigenvalue weighted by Crippen LogP contribution is -2.39. The van der Waals surface area contributed by atoms with Gasteiger partial charge in [-0.2, -0.15) is 0 Å². The van der Waals surface area contributed by atoms with Crippen LogP contribution in [0.4, 0.5) is 5.69 Å². The van der Waals surface area contributed by atoms with Crippen molar-refractivity contribution in [3.05, 3.63) is 29.3 Å². The van der Waals surface area contributed by atoms with E-state index < -0.39 is 0 Å². The average molecular weight is 288 g/mol. The summed E-state index contributed by atoms with van der Waals surface area (Å²) in [6, 6.07) is 6.93. The van der Waals surface area contributed by atoms with Crippen molar-refractivity contribution < 1.29 is 0 Å². The predicted molar refractivity (Wildman–Crippen MR) is 92.9 cm³/mol. The first kappa shape index (κ1) is 16.4. The number of anilines is 1. The lowest BCUT2D eigenvalue weighted by atomic mass is 9.88. The number of aryl methyl sites for hydroxylation is 1. The van der Waals surface area contributed by atoms with Crippen molar-refractivity contribution in [2.75, 3.05) is 24.5 Å². The van der Waals surface area contributed by atoms with Crippen molar-refractivity contribution in [3.8, 4) is 0 Å². The fourth-order valence-corrected chi connectivity index (χ4v) is 3.14. The highest BCUT2D eigenvalue weighted by atomic mass is 15.1. The third-order valence-corrected chi connectivity index (χ3v) is 4.78. The number of hydrogen-bond acceptors (Lipinski definition) is 2. The summed E-state index contributed by atoms with van der Waals surface area (Å²) in [5, 5.41) is 3.60. The molecule has 0 aromatic heterocycles. The van der Waals surface area contributed by atoms with Gasteiger partial charge in [0.1, 0.15) is 0 Å². The van der Waals surface area contributed by atoms with Crippen LogP contribution in [-0.2, 0) is 6.54 Å². The zero-order chi connectivity index (χ0) is 15.4. The minimum Gasteiger partial charge on any atom is -0.371 e. The first-order valence-electron chi connectivity index (χ1n) is 8.52. The van der Waals surface area contributed by atoms with Crippen LogP contribution < -0.4 is 10.2 Å². The molecule has 21 heavy (non-hydrogen) atoms. The monoisotopic (exact) mass is 288 g/mol. The van der Waals surface area contributed by atoms with Crippen LogP contribution in [0, 0.1) is 24.7 Å². The number of benzene rings is 1. The third kappa shape index (κ3) is 4.47. The van der Waals surface area contributed by atoms with E-state index in [0.29, 0.717) is 5.92 Å². The Morgan fingerprint density at radius 1 is 1.24 bits per heavy atom. The van der Waals surface area contributed by atoms with Gasteiger partial charge in [-0.05, 0) is 49.3 Å². The molecular weight excluding hydrogens is 256 g/mol. The van der Waals surface area contributed by atoms with E-state index in [2.05, 4.69) is 63.0 Å². The molecule has 1 fully saturated rings. The summed E-state index contributed by atoms with van der Waals surface area (Å²) in [6.45, 7) is 16.0. The molecule has 0 bridgehead atoms. The molecule has 2 atom stereocenters. The number of nitrogens with zero attached hydrogens (tertiary/aromatic N) is 1. The van der Waals surface area contributed by atoms with Crippen LogP contribution in [0.2, 0.25) is 0 Å². The molecule has 0 saturated carbocycles. The molecule has 0 radical (unpaired) electrons. The summed E-state index contributed by atoms with van der Waals surface area (Å²) in [5.74, 6) is 2.35. The lowest BCUT2D eigenvalue weighted by molar-refractivity contribution is 0.323. The number of rotatable bonds is 5. The van der Waals surface area contributed by atoms with Crippen LogP contribution >= 0.6 is 0 Å². The molecule has 1 saturated heterocycles. The fraction of sp³-hybridized carbons (Fsp3) is 0.684. The quantitative estimate of drug-likeness (QED) is 0.872. The zero-order valence-electron chi connectivity index (χ0n) is 14.4. The molecule has 1 aromatic rings. The Morgan fingerprint density at radius 3 is 2.67 bits per heavy atom. The summed E-state index contributed by atoms with van der Waals surface area (Å²) in [4.78, 5) is 2.59. The molecule has 0 spiro atoms. The van der Waals surface area contributed by atoms with Gasteiger partial charge in [-0.1, -0.05) is 45.4 Å². The van der Waals surface area contributed by atoms with E-state index in [1.54, 1.807) is 0 Å². The summed E-state index contributed by atoms with van der Waals surface area (Å²) in [5.41, 5.74) is 4.26. The van der Waals surface area contributed by atoms with Gasteiger partial charge in [0.2, 0.25) is 0 Å². The second kappa shape index (κ2) is 7.31. The molecule has 2 rings (SSSR count). The highest BCUT2D eigenvalue weighted by Crippen LogP contribution is 2.29. The Balaban J connectivity index is 2.11. The Bertz CT molecular complexity index is 453. The van der Waals surface area contributed by atoms with Crippen molar-refractivity contribution in [3.63, 3.8) is 0 Å². The van der Waals surface area contributed by atoms with E-state index in [1.807, 2.05) is 0 Å². The van der Waals surface area contributed by atoms with Crippen LogP contribution in [0.5, 0.6) is 0 Å². The molecule has 1 aromatic carbocycles. The van der Waals surface area contributed by atoms with Gasteiger partial charge in [0.25, 0.3) is 0 Å². The maximum atomic E-state index is 3.60. The SMILES string of the molecule is Cc1ccc(N2CCC(C)C(C)C2)c(CNCC(C)C)c1. The Morgan fingerprint density at radius 2 is 2.00 bits per heavy atom. The summed E-state index contributed by atoms with van der Waals surface area (Å²) < 4.78 is 0. The molecule has 1 aliphatic heterocycles. The van der Waals surface area contributed by atoms with Crippen LogP contribution in [-0.4, -0.2) is 19.6 Å². The highest BCUT2D eigenvalue weighted by Gasteiger charge is 2.24. The fourth-order valence-electron chi connectivity index (χ4n) is 3.14. The summed E-state index contributed by atoms with van der Waals surface area (Å²) >= 11 is 0. The molecule has 2 unspecified atom stereocenters. The number of nitrogens with one attached hydrogen (secondary N) is 1. The van der Waals surface area contributed by atoms with E-state index in [9.17, 15) is 0 Å². The van der Waals surface area contributed by atoms with Gasteiger partial charge in [0.15, 0.2) is 0 Å². The highest BCUT2D eigenvalue weighted by molar-refractivity contribution is 5.55. The standard InChI is InChI=1S/C19H32N2/c1-14(2)11-20-12-18-10-15(3)6-7-19(18)21-9-8-16(4)17(5)13-21/h6-7,10,14,16-17,20H,8-9,11-13H2,1-5H3. The smallest absolute Gasteiger partial charge is 0.0412 e. The van der Waals surface area contributed by atoms with E-state index in [1.165, 1.54) is 36.3 Å². The minimum absolute atomic E-state index is 0.703. The van der Waals surface area contributed by atoms with Crippen LogP contribution in [0.3, 0.4) is 0 Å². The van der Waals surface area contributed by atoms with Crippen molar-refractivity contribution in [1.29, 1.82) is 0 Å². The Kier molecular flexibility index (Phi) is 5.69. The Labute approximate surface area is 130 Å². The predicted octanol–water partition coefficient (Wildman–Crippen LogP) is 4.22. The van der Waals surface area contributed by atoms with Gasteiger partial charge < -0.3 is 10.2 Å². The molecule has 2 nitrogen and oxygen atoms in total. The Hall–Kier alpha value is -1.02. The van der Waals surface area contributed by atoms with Gasteiger partial charge in [0, 0.05) is 25.3 Å². The molecule has 1 N–H and O–H groups in total. The third-order valence-electron chi connectivity index (χ3n) is 4.78. The van der Waals surface area contributed by atoms with Gasteiger partial charge >= 0.3 is 0 Å². The molecular formula is C19H32N2. The molecule has 1 heterocycles. The molecule has 1 aliphatic rings. The van der Waals surface area contributed by atoms with E-state index >= 15 is 0 Å². The molecule has 0 aliphatic carbocycles. The van der Waals surface area contributed by atoms with Crippen LogP contribution in [0.1, 0.15) is 45.2 Å². The second-order valence-corrected chi connectivity index (χ2v) is 7.35. The number of hydrogen-bond donors (Lipinski definition) is 1. The van der Waals surface area contributed by atoms with Crippen LogP contribution in [0.15, 0.2) is 18.2 Å². The van der Waals surface area contributed by atoms with Gasteiger partial charge in [-0.15, -0.1) is 0 Å². The summed E-state index contributed by atoms with van der Waals surface area (Å²) in [6.07, 6.45) is 1.31. The van der Waals surface area contributed by atoms with Gasteiger partial charge in [-0.25, -0.2) is 0 Å². The lowest BCUT2D eigenvalue weighted by Gasteiger charge is -2.38. The van der Waals surface area contributed by atoms with E-state index in [4.69, 9.17) is 0 Å². The topological polar surface area (TPSA) is 15.3 Å².